The number of nitrogens with zero attached hydrogens (tertiary/aromatic N) is 1. The number of hydrogen-bond acceptors (Lipinski definition) is 5. The first-order valence-electron chi connectivity index (χ1n) is 6.53. The lowest BCUT2D eigenvalue weighted by atomic mass is 10.2. The van der Waals surface area contributed by atoms with Crippen molar-refractivity contribution in [3.05, 3.63) is 67.6 Å². The molecule has 0 aliphatic rings. The Labute approximate surface area is 149 Å². The fraction of sp³-hybridized carbons (Fsp3) is 0.0667. The van der Waals surface area contributed by atoms with Gasteiger partial charge in [-0.15, -0.1) is 0 Å². The van der Waals surface area contributed by atoms with E-state index in [1.54, 1.807) is 24.3 Å². The molecule has 0 aliphatic carbocycles. The highest BCUT2D eigenvalue weighted by atomic mass is 79.9. The second kappa shape index (κ2) is 7.89. The molecule has 1 N–H and O–H groups in total. The smallest absolute Gasteiger partial charge is 0.340 e. The maximum absolute atomic E-state index is 11.9. The van der Waals surface area contributed by atoms with Crippen LogP contribution in [0.3, 0.4) is 0 Å². The van der Waals surface area contributed by atoms with E-state index in [1.807, 2.05) is 0 Å². The molecular weight excluding hydrogens is 404 g/mol. The maximum atomic E-state index is 11.9. The van der Waals surface area contributed by atoms with Crippen molar-refractivity contribution in [1.29, 1.82) is 0 Å². The number of anilines is 1. The van der Waals surface area contributed by atoms with Crippen molar-refractivity contribution < 1.29 is 19.2 Å². The fourth-order valence-electron chi connectivity index (χ4n) is 1.72. The first kappa shape index (κ1) is 17.9. The number of esters is 1. The molecule has 9 heteroatoms. The Morgan fingerprint density at radius 3 is 2.46 bits per heavy atom. The minimum Gasteiger partial charge on any atom is -0.452 e. The average Bonchev–Trinajstić information content (AvgIpc) is 2.54. The number of nitro benzene ring substituents is 1. The molecule has 0 radical (unpaired) electrons. The van der Waals surface area contributed by atoms with Crippen LogP contribution < -0.4 is 5.32 Å². The van der Waals surface area contributed by atoms with Gasteiger partial charge in [0.2, 0.25) is 0 Å². The molecule has 0 atom stereocenters. The normalized spacial score (nSPS) is 10.1. The minimum atomic E-state index is -0.846. The van der Waals surface area contributed by atoms with Gasteiger partial charge in [-0.05, 0) is 30.3 Å². The molecule has 124 valence electrons. The molecule has 2 rings (SSSR count). The number of hydrogen-bond donors (Lipinski definition) is 1. The van der Waals surface area contributed by atoms with Crippen LogP contribution in [0.15, 0.2) is 46.9 Å². The summed E-state index contributed by atoms with van der Waals surface area (Å²) in [5, 5.41) is 13.1. The summed E-state index contributed by atoms with van der Waals surface area (Å²) >= 11 is 9.09. The Morgan fingerprint density at radius 2 is 1.88 bits per heavy atom. The zero-order valence-electron chi connectivity index (χ0n) is 12.0. The number of benzene rings is 2. The number of carbonyl (C=O) groups excluding carboxylic acids is 2. The molecule has 2 aromatic rings. The van der Waals surface area contributed by atoms with Crippen LogP contribution in [-0.2, 0) is 9.53 Å². The van der Waals surface area contributed by atoms with Gasteiger partial charge in [-0.1, -0.05) is 27.5 Å². The molecule has 0 bridgehead atoms. The van der Waals surface area contributed by atoms with Gasteiger partial charge in [0, 0.05) is 22.3 Å². The molecule has 1 amide bonds. The Morgan fingerprint density at radius 1 is 1.21 bits per heavy atom. The van der Waals surface area contributed by atoms with Gasteiger partial charge in [-0.25, -0.2) is 4.79 Å². The van der Waals surface area contributed by atoms with Gasteiger partial charge in [-0.3, -0.25) is 14.9 Å². The summed E-state index contributed by atoms with van der Waals surface area (Å²) in [5.41, 5.74) is 0.246. The minimum absolute atomic E-state index is 0.0568. The average molecular weight is 414 g/mol. The molecule has 0 aromatic heterocycles. The number of ether oxygens (including phenoxy) is 1. The highest BCUT2D eigenvalue weighted by Crippen LogP contribution is 2.23. The quantitative estimate of drug-likeness (QED) is 0.456. The second-order valence-electron chi connectivity index (χ2n) is 4.55. The summed E-state index contributed by atoms with van der Waals surface area (Å²) in [4.78, 5) is 33.6. The van der Waals surface area contributed by atoms with Crippen LogP contribution in [0.2, 0.25) is 5.02 Å². The van der Waals surface area contributed by atoms with Crippen molar-refractivity contribution in [1.82, 2.24) is 0 Å². The van der Waals surface area contributed by atoms with Crippen molar-refractivity contribution in [3.8, 4) is 0 Å². The van der Waals surface area contributed by atoms with E-state index in [1.165, 1.54) is 6.07 Å². The molecule has 0 saturated carbocycles. The Bertz CT molecular complexity index is 795. The van der Waals surface area contributed by atoms with Crippen LogP contribution in [0.25, 0.3) is 0 Å². The van der Waals surface area contributed by atoms with E-state index in [2.05, 4.69) is 21.2 Å². The van der Waals surface area contributed by atoms with Crippen LogP contribution in [0.4, 0.5) is 11.4 Å². The molecule has 0 unspecified atom stereocenters. The third-order valence-corrected chi connectivity index (χ3v) is 3.69. The predicted molar refractivity (Wildman–Crippen MR) is 91.2 cm³/mol. The van der Waals surface area contributed by atoms with Crippen molar-refractivity contribution in [2.75, 3.05) is 11.9 Å². The summed E-state index contributed by atoms with van der Waals surface area (Å²) in [6.07, 6.45) is 0. The lowest BCUT2D eigenvalue weighted by Crippen LogP contribution is -2.21. The van der Waals surface area contributed by atoms with Crippen molar-refractivity contribution in [3.63, 3.8) is 0 Å². The van der Waals surface area contributed by atoms with Gasteiger partial charge >= 0.3 is 5.97 Å². The van der Waals surface area contributed by atoms with Gasteiger partial charge in [0.25, 0.3) is 11.6 Å². The van der Waals surface area contributed by atoms with E-state index in [4.69, 9.17) is 16.3 Å². The third kappa shape index (κ3) is 4.77. The van der Waals surface area contributed by atoms with Gasteiger partial charge in [-0.2, -0.15) is 0 Å². The largest absolute Gasteiger partial charge is 0.452 e. The highest BCUT2D eigenvalue weighted by molar-refractivity contribution is 9.10. The fourth-order valence-corrected chi connectivity index (χ4v) is 2.24. The van der Waals surface area contributed by atoms with Crippen LogP contribution >= 0.6 is 27.5 Å². The Kier molecular flexibility index (Phi) is 5.88. The van der Waals surface area contributed by atoms with E-state index in [0.717, 1.165) is 16.6 Å². The Hall–Kier alpha value is -2.45. The molecule has 0 spiro atoms. The van der Waals surface area contributed by atoms with E-state index in [9.17, 15) is 19.7 Å². The molecule has 7 nitrogen and oxygen atoms in total. The second-order valence-corrected chi connectivity index (χ2v) is 5.88. The standard InChI is InChI=1S/C15H10BrClN2O5/c16-9-1-3-10(4-2-9)18-14(20)8-24-15(21)12-6-5-11(19(22)23)7-13(12)17/h1-7H,8H2,(H,18,20). The maximum Gasteiger partial charge on any atom is 0.340 e. The van der Waals surface area contributed by atoms with E-state index < -0.39 is 23.4 Å². The topological polar surface area (TPSA) is 98.5 Å². The van der Waals surface area contributed by atoms with E-state index >= 15 is 0 Å². The van der Waals surface area contributed by atoms with Crippen molar-refractivity contribution in [2.45, 2.75) is 0 Å². The molecule has 0 aliphatic heterocycles. The zero-order valence-corrected chi connectivity index (χ0v) is 14.3. The lowest BCUT2D eigenvalue weighted by Gasteiger charge is -2.07. The van der Waals surface area contributed by atoms with Gasteiger partial charge < -0.3 is 10.1 Å². The lowest BCUT2D eigenvalue weighted by molar-refractivity contribution is -0.384. The number of halogens is 2. The summed E-state index contributed by atoms with van der Waals surface area (Å²) in [6, 6.07) is 10.2. The first-order chi connectivity index (χ1) is 11.4. The zero-order chi connectivity index (χ0) is 17.7. The van der Waals surface area contributed by atoms with Crippen LogP contribution in [0.5, 0.6) is 0 Å². The van der Waals surface area contributed by atoms with Gasteiger partial charge in [0.1, 0.15) is 0 Å². The number of carbonyl (C=O) groups is 2. The Balaban J connectivity index is 1.94. The number of amides is 1. The number of nitro groups is 1. The van der Waals surface area contributed by atoms with Crippen LogP contribution in [-0.4, -0.2) is 23.4 Å². The number of nitrogens with one attached hydrogen (secondary N) is 1. The molecule has 0 heterocycles. The van der Waals surface area contributed by atoms with Crippen molar-refractivity contribution >= 4 is 50.8 Å². The number of non-ortho nitro benzene ring substituents is 1. The highest BCUT2D eigenvalue weighted by Gasteiger charge is 2.17. The molecule has 0 saturated heterocycles. The molecule has 0 fully saturated rings. The van der Waals surface area contributed by atoms with Crippen LogP contribution in [0, 0.1) is 10.1 Å². The van der Waals surface area contributed by atoms with Gasteiger partial charge in [0.05, 0.1) is 15.5 Å². The van der Waals surface area contributed by atoms with Crippen molar-refractivity contribution in [2.24, 2.45) is 0 Å². The van der Waals surface area contributed by atoms with E-state index in [-0.39, 0.29) is 16.3 Å². The third-order valence-electron chi connectivity index (χ3n) is 2.85. The van der Waals surface area contributed by atoms with Gasteiger partial charge in [0.15, 0.2) is 6.61 Å². The molecule has 24 heavy (non-hydrogen) atoms. The van der Waals surface area contributed by atoms with E-state index in [0.29, 0.717) is 5.69 Å². The number of rotatable bonds is 5. The van der Waals surface area contributed by atoms with Crippen LogP contribution in [0.1, 0.15) is 10.4 Å². The monoisotopic (exact) mass is 412 g/mol. The predicted octanol–water partition coefficient (Wildman–Crippen LogP) is 3.81. The summed E-state index contributed by atoms with van der Waals surface area (Å²) in [5.74, 6) is -1.37. The molecular formula is C15H10BrClN2O5. The first-order valence-corrected chi connectivity index (χ1v) is 7.70. The summed E-state index contributed by atoms with van der Waals surface area (Å²) in [6.45, 7) is -0.512. The summed E-state index contributed by atoms with van der Waals surface area (Å²) < 4.78 is 5.71. The summed E-state index contributed by atoms with van der Waals surface area (Å²) in [7, 11) is 0. The SMILES string of the molecule is O=C(COC(=O)c1ccc([N+](=O)[O-])cc1Cl)Nc1ccc(Br)cc1. The molecule has 2 aromatic carbocycles.